The summed E-state index contributed by atoms with van der Waals surface area (Å²) in [5.74, 6) is 0. The van der Waals surface area contributed by atoms with E-state index in [0.29, 0.717) is 6.54 Å². The van der Waals surface area contributed by atoms with Crippen LogP contribution in [-0.4, -0.2) is 4.98 Å². The van der Waals surface area contributed by atoms with Gasteiger partial charge in [0, 0.05) is 11.9 Å². The smallest absolute Gasteiger partial charge is 0.0712 e. The minimum atomic E-state index is 0.478. The van der Waals surface area contributed by atoms with E-state index in [9.17, 15) is 0 Å². The Balaban J connectivity index is 2.25. The Kier molecular flexibility index (Phi) is 2.79. The van der Waals surface area contributed by atoms with E-state index in [-0.39, 0.29) is 0 Å². The van der Waals surface area contributed by atoms with Gasteiger partial charge in [-0.3, -0.25) is 4.98 Å². The van der Waals surface area contributed by atoms with E-state index in [4.69, 9.17) is 5.73 Å². The van der Waals surface area contributed by atoms with Crippen LogP contribution >= 0.6 is 0 Å². The number of nitrogens with two attached hydrogens (primary N) is 1. The Hall–Kier alpha value is -2.19. The fraction of sp³-hybridized carbons (Fsp3) is 0.0625. The quantitative estimate of drug-likeness (QED) is 0.738. The van der Waals surface area contributed by atoms with Gasteiger partial charge >= 0.3 is 0 Å². The highest BCUT2D eigenvalue weighted by Crippen LogP contribution is 2.27. The molecule has 0 bridgehead atoms. The maximum absolute atomic E-state index is 5.63. The SMILES string of the molecule is NCc1ccc2c(-c3ccccc3)cccc2n1. The Morgan fingerprint density at radius 1 is 0.833 bits per heavy atom. The summed E-state index contributed by atoms with van der Waals surface area (Å²) >= 11 is 0. The van der Waals surface area contributed by atoms with Gasteiger partial charge in [0.25, 0.3) is 0 Å². The van der Waals surface area contributed by atoms with Crippen molar-refractivity contribution in [3.8, 4) is 11.1 Å². The zero-order valence-corrected chi connectivity index (χ0v) is 10.0. The first kappa shape index (κ1) is 10.9. The molecule has 0 aliphatic heterocycles. The molecule has 0 saturated carbocycles. The van der Waals surface area contributed by atoms with E-state index >= 15 is 0 Å². The van der Waals surface area contributed by atoms with Gasteiger partial charge in [-0.1, -0.05) is 48.5 Å². The first-order chi connectivity index (χ1) is 8.88. The van der Waals surface area contributed by atoms with Crippen molar-refractivity contribution in [3.63, 3.8) is 0 Å². The van der Waals surface area contributed by atoms with Gasteiger partial charge in [0.2, 0.25) is 0 Å². The number of hydrogen-bond donors (Lipinski definition) is 1. The molecule has 0 atom stereocenters. The minimum Gasteiger partial charge on any atom is -0.325 e. The van der Waals surface area contributed by atoms with Crippen molar-refractivity contribution in [1.29, 1.82) is 0 Å². The topological polar surface area (TPSA) is 38.9 Å². The van der Waals surface area contributed by atoms with E-state index < -0.39 is 0 Å². The highest BCUT2D eigenvalue weighted by Gasteiger charge is 2.04. The lowest BCUT2D eigenvalue weighted by Crippen LogP contribution is -1.99. The molecule has 3 rings (SSSR count). The number of fused-ring (bicyclic) bond motifs is 1. The maximum atomic E-state index is 5.63. The largest absolute Gasteiger partial charge is 0.325 e. The lowest BCUT2D eigenvalue weighted by atomic mass is 10.0. The molecule has 1 heterocycles. The molecule has 3 aromatic rings. The minimum absolute atomic E-state index is 0.478. The molecule has 0 fully saturated rings. The van der Waals surface area contributed by atoms with Crippen molar-refractivity contribution in [1.82, 2.24) is 4.98 Å². The fourth-order valence-corrected chi connectivity index (χ4v) is 2.18. The van der Waals surface area contributed by atoms with Crippen molar-refractivity contribution in [3.05, 3.63) is 66.4 Å². The van der Waals surface area contributed by atoms with E-state index in [2.05, 4.69) is 41.4 Å². The average Bonchev–Trinajstić information content (AvgIpc) is 2.47. The molecule has 2 N–H and O–H groups in total. The van der Waals surface area contributed by atoms with Crippen molar-refractivity contribution in [2.24, 2.45) is 5.73 Å². The molecular formula is C16H14N2. The first-order valence-electron chi connectivity index (χ1n) is 6.02. The van der Waals surface area contributed by atoms with E-state index in [1.807, 2.05) is 24.3 Å². The molecule has 0 aliphatic carbocycles. The number of rotatable bonds is 2. The van der Waals surface area contributed by atoms with Crippen molar-refractivity contribution >= 4 is 10.9 Å². The van der Waals surface area contributed by atoms with Crippen molar-refractivity contribution in [2.45, 2.75) is 6.54 Å². The van der Waals surface area contributed by atoms with Gasteiger partial charge in [-0.2, -0.15) is 0 Å². The molecule has 18 heavy (non-hydrogen) atoms. The van der Waals surface area contributed by atoms with Gasteiger partial charge < -0.3 is 5.73 Å². The third kappa shape index (κ3) is 1.87. The van der Waals surface area contributed by atoms with Crippen LogP contribution < -0.4 is 5.73 Å². The van der Waals surface area contributed by atoms with Crippen LogP contribution in [0.3, 0.4) is 0 Å². The standard InChI is InChI=1S/C16H14N2/c17-11-13-9-10-15-14(7-4-8-16(15)18-13)12-5-2-1-3-6-12/h1-10H,11,17H2. The molecule has 0 amide bonds. The Labute approximate surface area is 106 Å². The molecule has 0 spiro atoms. The Morgan fingerprint density at radius 2 is 1.67 bits per heavy atom. The molecule has 0 aliphatic rings. The van der Waals surface area contributed by atoms with Crippen molar-refractivity contribution < 1.29 is 0 Å². The normalized spacial score (nSPS) is 10.7. The highest BCUT2D eigenvalue weighted by molar-refractivity contribution is 5.94. The zero-order chi connectivity index (χ0) is 12.4. The number of nitrogens with zero attached hydrogens (tertiary/aromatic N) is 1. The maximum Gasteiger partial charge on any atom is 0.0712 e. The molecule has 2 heteroatoms. The van der Waals surface area contributed by atoms with Gasteiger partial charge in [-0.25, -0.2) is 0 Å². The highest BCUT2D eigenvalue weighted by atomic mass is 14.7. The summed E-state index contributed by atoms with van der Waals surface area (Å²) in [7, 11) is 0. The summed E-state index contributed by atoms with van der Waals surface area (Å²) in [4.78, 5) is 4.55. The Morgan fingerprint density at radius 3 is 2.44 bits per heavy atom. The molecule has 0 unspecified atom stereocenters. The fourth-order valence-electron chi connectivity index (χ4n) is 2.18. The first-order valence-corrected chi connectivity index (χ1v) is 6.02. The molecule has 0 saturated heterocycles. The molecule has 88 valence electrons. The third-order valence-electron chi connectivity index (χ3n) is 3.08. The van der Waals surface area contributed by atoms with Crippen LogP contribution in [0.15, 0.2) is 60.7 Å². The van der Waals surface area contributed by atoms with Gasteiger partial charge in [-0.05, 0) is 23.3 Å². The summed E-state index contributed by atoms with van der Waals surface area (Å²) in [6, 6.07) is 20.7. The monoisotopic (exact) mass is 234 g/mol. The summed E-state index contributed by atoms with van der Waals surface area (Å²) in [5.41, 5.74) is 9.98. The van der Waals surface area contributed by atoms with Crippen LogP contribution in [0.1, 0.15) is 5.69 Å². The second-order valence-electron chi connectivity index (χ2n) is 4.24. The summed E-state index contributed by atoms with van der Waals surface area (Å²) in [6.07, 6.45) is 0. The van der Waals surface area contributed by atoms with Crippen LogP contribution in [0.2, 0.25) is 0 Å². The second kappa shape index (κ2) is 4.59. The van der Waals surface area contributed by atoms with Gasteiger partial charge in [0.15, 0.2) is 0 Å². The van der Waals surface area contributed by atoms with Crippen LogP contribution in [0.4, 0.5) is 0 Å². The van der Waals surface area contributed by atoms with Crippen LogP contribution in [-0.2, 0) is 6.54 Å². The van der Waals surface area contributed by atoms with E-state index in [1.54, 1.807) is 0 Å². The number of pyridine rings is 1. The summed E-state index contributed by atoms with van der Waals surface area (Å²) in [5, 5.41) is 1.17. The van der Waals surface area contributed by atoms with Crippen molar-refractivity contribution in [2.75, 3.05) is 0 Å². The lowest BCUT2D eigenvalue weighted by molar-refractivity contribution is 1.01. The predicted octanol–water partition coefficient (Wildman–Crippen LogP) is 3.36. The lowest BCUT2D eigenvalue weighted by Gasteiger charge is -2.07. The number of benzene rings is 2. The van der Waals surface area contributed by atoms with E-state index in [1.165, 1.54) is 16.5 Å². The van der Waals surface area contributed by atoms with E-state index in [0.717, 1.165) is 11.2 Å². The second-order valence-corrected chi connectivity index (χ2v) is 4.24. The zero-order valence-electron chi connectivity index (χ0n) is 10.0. The van der Waals surface area contributed by atoms with Gasteiger partial charge in [0.05, 0.1) is 11.2 Å². The molecule has 2 aromatic carbocycles. The van der Waals surface area contributed by atoms with Crippen LogP contribution in [0.5, 0.6) is 0 Å². The molecular weight excluding hydrogens is 220 g/mol. The molecule has 2 nitrogen and oxygen atoms in total. The Bertz CT molecular complexity index is 675. The third-order valence-corrected chi connectivity index (χ3v) is 3.08. The van der Waals surface area contributed by atoms with Gasteiger partial charge in [-0.15, -0.1) is 0 Å². The van der Waals surface area contributed by atoms with Crippen LogP contribution in [0, 0.1) is 0 Å². The predicted molar refractivity (Wildman–Crippen MR) is 75.1 cm³/mol. The number of hydrogen-bond acceptors (Lipinski definition) is 2. The summed E-state index contributed by atoms with van der Waals surface area (Å²) in [6.45, 7) is 0.478. The average molecular weight is 234 g/mol. The molecule has 0 radical (unpaired) electrons. The summed E-state index contributed by atoms with van der Waals surface area (Å²) < 4.78 is 0. The number of aromatic nitrogens is 1. The van der Waals surface area contributed by atoms with Gasteiger partial charge in [0.1, 0.15) is 0 Å². The molecule has 1 aromatic heterocycles. The van der Waals surface area contributed by atoms with Crippen LogP contribution in [0.25, 0.3) is 22.0 Å².